The number of halogens is 1. The van der Waals surface area contributed by atoms with E-state index in [2.05, 4.69) is 15.1 Å². The van der Waals surface area contributed by atoms with E-state index in [0.717, 1.165) is 27.9 Å². The minimum absolute atomic E-state index is 0.0101. The minimum atomic E-state index is -0.575. The summed E-state index contributed by atoms with van der Waals surface area (Å²) in [5.41, 5.74) is 10.1. The molecule has 0 spiro atoms. The second-order valence-corrected chi connectivity index (χ2v) is 10.3. The Kier molecular flexibility index (Phi) is 7.14. The van der Waals surface area contributed by atoms with Crippen molar-refractivity contribution in [1.82, 2.24) is 29.5 Å². The first kappa shape index (κ1) is 26.4. The monoisotopic (exact) mass is 525 g/mol. The molecule has 10 nitrogen and oxygen atoms in total. The van der Waals surface area contributed by atoms with Gasteiger partial charge in [-0.2, -0.15) is 10.2 Å². The van der Waals surface area contributed by atoms with Crippen molar-refractivity contribution >= 4 is 34.4 Å². The van der Waals surface area contributed by atoms with Gasteiger partial charge in [-0.1, -0.05) is 11.6 Å². The van der Waals surface area contributed by atoms with Crippen molar-refractivity contribution in [2.24, 2.45) is 0 Å². The van der Waals surface area contributed by atoms with E-state index >= 15 is 0 Å². The van der Waals surface area contributed by atoms with Crippen LogP contribution in [0.25, 0.3) is 22.2 Å². The summed E-state index contributed by atoms with van der Waals surface area (Å²) < 4.78 is 15.0. The molecule has 0 fully saturated rings. The molecule has 0 amide bonds. The lowest BCUT2D eigenvalue weighted by Gasteiger charge is -2.22. The van der Waals surface area contributed by atoms with Gasteiger partial charge in [-0.05, 0) is 60.1 Å². The Balaban J connectivity index is 1.81. The molecule has 11 heteroatoms. The Labute approximate surface area is 220 Å². The lowest BCUT2D eigenvalue weighted by molar-refractivity contribution is -0.155. The molecule has 4 rings (SSSR count). The zero-order valence-electron chi connectivity index (χ0n) is 22.2. The maximum Gasteiger partial charge on any atom is 0.328 e. The maximum absolute atomic E-state index is 12.3. The highest BCUT2D eigenvalue weighted by Gasteiger charge is 2.26. The number of nitrogen functional groups attached to an aromatic ring is 1. The molecule has 1 atom stereocenters. The predicted octanol–water partition coefficient (Wildman–Crippen LogP) is 4.89. The molecule has 37 heavy (non-hydrogen) atoms. The van der Waals surface area contributed by atoms with Gasteiger partial charge in [0.05, 0.1) is 29.9 Å². The van der Waals surface area contributed by atoms with Gasteiger partial charge in [0.2, 0.25) is 0 Å². The summed E-state index contributed by atoms with van der Waals surface area (Å²) in [5.74, 6) is 0.676. The van der Waals surface area contributed by atoms with Crippen molar-refractivity contribution in [2.45, 2.75) is 66.7 Å². The highest BCUT2D eigenvalue weighted by Crippen LogP contribution is 2.43. The summed E-state index contributed by atoms with van der Waals surface area (Å²) >= 11 is 6.75. The fourth-order valence-electron chi connectivity index (χ4n) is 4.36. The number of carbonyl (C=O) groups excluding carboxylic acids is 1. The second kappa shape index (κ2) is 10.0. The highest BCUT2D eigenvalue weighted by atomic mass is 35.5. The average molecular weight is 526 g/mol. The lowest BCUT2D eigenvalue weighted by atomic mass is 9.95. The number of hydrogen-bond acceptors (Lipinski definition) is 8. The molecular formula is C26H32ClN7O3. The van der Waals surface area contributed by atoms with Gasteiger partial charge in [-0.3, -0.25) is 9.48 Å². The van der Waals surface area contributed by atoms with Gasteiger partial charge in [0.25, 0.3) is 0 Å². The van der Waals surface area contributed by atoms with E-state index < -0.39 is 5.60 Å². The van der Waals surface area contributed by atoms with E-state index in [0.29, 0.717) is 34.2 Å². The highest BCUT2D eigenvalue weighted by molar-refractivity contribution is 6.32. The van der Waals surface area contributed by atoms with E-state index in [1.54, 1.807) is 17.1 Å². The SMILES string of the molecule is CCOc1c(C(C)n2nc(C)c3c(N)ncnc32)cc(Cl)c(C)c1-c1cnn(CC(=O)OC(C)(C)C)c1. The molecule has 0 aliphatic rings. The molecule has 0 saturated heterocycles. The van der Waals surface area contributed by atoms with E-state index in [1.807, 2.05) is 59.2 Å². The molecule has 1 aromatic carbocycles. The normalized spacial score (nSPS) is 12.6. The predicted molar refractivity (Wildman–Crippen MR) is 143 cm³/mol. The fourth-order valence-corrected chi connectivity index (χ4v) is 4.57. The zero-order valence-corrected chi connectivity index (χ0v) is 22.9. The number of hydrogen-bond donors (Lipinski definition) is 1. The van der Waals surface area contributed by atoms with E-state index in [-0.39, 0.29) is 18.6 Å². The van der Waals surface area contributed by atoms with Crippen LogP contribution >= 0.6 is 11.6 Å². The summed E-state index contributed by atoms with van der Waals surface area (Å²) in [6, 6.07) is 1.61. The quantitative estimate of drug-likeness (QED) is 0.338. The van der Waals surface area contributed by atoms with Crippen LogP contribution in [0.3, 0.4) is 0 Å². The standard InChI is InChI=1S/C26H32ClN7O3/c1-8-36-23-18(16(4)34-25-22(15(3)32-34)24(28)29-13-30-25)9-19(27)14(2)21(23)17-10-31-33(11-17)12-20(35)37-26(5,6)7/h9-11,13,16H,8,12H2,1-7H3,(H2,28,29,30). The molecule has 3 heterocycles. The zero-order chi connectivity index (χ0) is 27.1. The van der Waals surface area contributed by atoms with Crippen molar-refractivity contribution in [1.29, 1.82) is 0 Å². The van der Waals surface area contributed by atoms with Crippen LogP contribution < -0.4 is 10.5 Å². The van der Waals surface area contributed by atoms with Gasteiger partial charge in [0, 0.05) is 27.9 Å². The number of ether oxygens (including phenoxy) is 2. The van der Waals surface area contributed by atoms with Gasteiger partial charge in [0.1, 0.15) is 30.0 Å². The minimum Gasteiger partial charge on any atom is -0.493 e. The molecule has 4 aromatic rings. The van der Waals surface area contributed by atoms with Crippen molar-refractivity contribution < 1.29 is 14.3 Å². The Morgan fingerprint density at radius 1 is 1.24 bits per heavy atom. The Hall–Kier alpha value is -3.66. The Bertz CT molecular complexity index is 1470. The largest absolute Gasteiger partial charge is 0.493 e. The number of carbonyl (C=O) groups is 1. The number of aromatic nitrogens is 6. The third kappa shape index (κ3) is 5.24. The summed E-state index contributed by atoms with van der Waals surface area (Å²) in [4.78, 5) is 20.9. The summed E-state index contributed by atoms with van der Waals surface area (Å²) in [5, 5.41) is 10.4. The third-order valence-corrected chi connectivity index (χ3v) is 6.33. The van der Waals surface area contributed by atoms with Crippen LogP contribution in [0, 0.1) is 13.8 Å². The molecule has 2 N–H and O–H groups in total. The molecule has 3 aromatic heterocycles. The first-order chi connectivity index (χ1) is 17.4. The molecule has 0 aliphatic heterocycles. The average Bonchev–Trinajstić information content (AvgIpc) is 3.39. The van der Waals surface area contributed by atoms with Crippen LogP contribution in [0.5, 0.6) is 5.75 Å². The van der Waals surface area contributed by atoms with Crippen LogP contribution in [0.15, 0.2) is 24.8 Å². The topological polar surface area (TPSA) is 123 Å². The molecule has 196 valence electrons. The number of rotatable bonds is 7. The van der Waals surface area contributed by atoms with Crippen LogP contribution in [0.4, 0.5) is 5.82 Å². The van der Waals surface area contributed by atoms with Crippen molar-refractivity contribution in [3.05, 3.63) is 46.6 Å². The van der Waals surface area contributed by atoms with Gasteiger partial charge in [0.15, 0.2) is 5.65 Å². The van der Waals surface area contributed by atoms with E-state index in [9.17, 15) is 4.79 Å². The second-order valence-electron chi connectivity index (χ2n) is 9.89. The maximum atomic E-state index is 12.3. The number of nitrogens with two attached hydrogens (primary N) is 1. The summed E-state index contributed by atoms with van der Waals surface area (Å²) in [7, 11) is 0. The molecule has 0 bridgehead atoms. The molecule has 1 unspecified atom stereocenters. The van der Waals surface area contributed by atoms with E-state index in [1.165, 1.54) is 6.33 Å². The van der Waals surface area contributed by atoms with Gasteiger partial charge < -0.3 is 15.2 Å². The van der Waals surface area contributed by atoms with Crippen LogP contribution in [0.2, 0.25) is 5.02 Å². The number of nitrogens with zero attached hydrogens (tertiary/aromatic N) is 6. The van der Waals surface area contributed by atoms with Gasteiger partial charge in [-0.15, -0.1) is 0 Å². The first-order valence-electron chi connectivity index (χ1n) is 12.1. The fraction of sp³-hybridized carbons (Fsp3) is 0.423. The first-order valence-corrected chi connectivity index (χ1v) is 12.4. The van der Waals surface area contributed by atoms with Gasteiger partial charge >= 0.3 is 5.97 Å². The lowest BCUT2D eigenvalue weighted by Crippen LogP contribution is -2.26. The Morgan fingerprint density at radius 2 is 1.97 bits per heavy atom. The smallest absolute Gasteiger partial charge is 0.328 e. The van der Waals surface area contributed by atoms with Crippen molar-refractivity contribution in [3.8, 4) is 16.9 Å². The molecule has 0 radical (unpaired) electrons. The summed E-state index contributed by atoms with van der Waals surface area (Å²) in [6.07, 6.45) is 4.92. The number of benzene rings is 1. The number of fused-ring (bicyclic) bond motifs is 1. The van der Waals surface area contributed by atoms with E-state index in [4.69, 9.17) is 31.9 Å². The van der Waals surface area contributed by atoms with Crippen molar-refractivity contribution in [3.63, 3.8) is 0 Å². The van der Waals surface area contributed by atoms with Gasteiger partial charge in [-0.25, -0.2) is 14.6 Å². The molecular weight excluding hydrogens is 494 g/mol. The number of aryl methyl sites for hydroxylation is 1. The number of anilines is 1. The third-order valence-electron chi connectivity index (χ3n) is 5.94. The summed E-state index contributed by atoms with van der Waals surface area (Å²) in [6.45, 7) is 13.7. The number of esters is 1. The van der Waals surface area contributed by atoms with Crippen molar-refractivity contribution in [2.75, 3.05) is 12.3 Å². The molecule has 0 aliphatic carbocycles. The molecule has 0 saturated carbocycles. The Morgan fingerprint density at radius 3 is 2.65 bits per heavy atom. The van der Waals surface area contributed by atoms with Crippen LogP contribution in [-0.4, -0.2) is 47.7 Å². The van der Waals surface area contributed by atoms with Crippen LogP contribution in [-0.2, 0) is 16.1 Å². The van der Waals surface area contributed by atoms with Crippen LogP contribution in [0.1, 0.15) is 57.5 Å².